The van der Waals surface area contributed by atoms with E-state index in [9.17, 15) is 4.79 Å². The fraction of sp³-hybridized carbons (Fsp3) is 0.500. The highest BCUT2D eigenvalue weighted by Gasteiger charge is 2.29. The predicted molar refractivity (Wildman–Crippen MR) is 96.1 cm³/mol. The summed E-state index contributed by atoms with van der Waals surface area (Å²) in [6, 6.07) is 1.69. The van der Waals surface area contributed by atoms with Crippen molar-refractivity contribution in [2.45, 2.75) is 45.7 Å². The second-order valence-electron chi connectivity index (χ2n) is 6.84. The van der Waals surface area contributed by atoms with Gasteiger partial charge in [0.25, 0.3) is 5.91 Å². The van der Waals surface area contributed by atoms with Crippen LogP contribution in [-0.2, 0) is 13.1 Å². The molecule has 142 valence electrons. The lowest BCUT2D eigenvalue weighted by Gasteiger charge is -2.31. The Balaban J connectivity index is 1.43. The van der Waals surface area contributed by atoms with E-state index in [1.165, 1.54) is 0 Å². The van der Waals surface area contributed by atoms with E-state index in [1.807, 2.05) is 15.7 Å². The summed E-state index contributed by atoms with van der Waals surface area (Å²) in [6.07, 6.45) is 7.20. The first-order chi connectivity index (χ1) is 13.2. The highest BCUT2D eigenvalue weighted by Crippen LogP contribution is 2.28. The van der Waals surface area contributed by atoms with Gasteiger partial charge in [0.05, 0.1) is 12.9 Å². The van der Waals surface area contributed by atoms with E-state index in [4.69, 9.17) is 4.52 Å². The third-order valence-electron chi connectivity index (χ3n) is 5.05. The van der Waals surface area contributed by atoms with Crippen molar-refractivity contribution < 1.29 is 9.32 Å². The first kappa shape index (κ1) is 17.4. The van der Waals surface area contributed by atoms with Gasteiger partial charge in [-0.15, -0.1) is 10.2 Å². The predicted octanol–water partition coefficient (Wildman–Crippen LogP) is 1.86. The van der Waals surface area contributed by atoms with Gasteiger partial charge in [-0.3, -0.25) is 4.79 Å². The van der Waals surface area contributed by atoms with Crippen LogP contribution in [0.1, 0.15) is 53.6 Å². The Bertz CT molecular complexity index is 904. The maximum atomic E-state index is 12.5. The molecule has 3 aromatic heterocycles. The zero-order chi connectivity index (χ0) is 18.8. The van der Waals surface area contributed by atoms with Crippen LogP contribution in [0.3, 0.4) is 0 Å². The molecule has 1 amide bonds. The summed E-state index contributed by atoms with van der Waals surface area (Å²) in [6.45, 7) is 6.74. The minimum absolute atomic E-state index is 0.0666. The third-order valence-corrected chi connectivity index (χ3v) is 5.05. The molecule has 1 saturated heterocycles. The average molecular weight is 369 g/mol. The van der Waals surface area contributed by atoms with Gasteiger partial charge in [-0.2, -0.15) is 0 Å². The van der Waals surface area contributed by atoms with Gasteiger partial charge >= 0.3 is 0 Å². The molecule has 0 atom stereocenters. The van der Waals surface area contributed by atoms with Gasteiger partial charge in [-0.25, -0.2) is 4.98 Å². The van der Waals surface area contributed by atoms with Gasteiger partial charge in [0.2, 0.25) is 0 Å². The fourth-order valence-corrected chi connectivity index (χ4v) is 3.63. The van der Waals surface area contributed by atoms with E-state index in [0.717, 1.165) is 31.0 Å². The Morgan fingerprint density at radius 1 is 1.30 bits per heavy atom. The fourth-order valence-electron chi connectivity index (χ4n) is 3.63. The van der Waals surface area contributed by atoms with Crippen LogP contribution in [0.4, 0.5) is 0 Å². The van der Waals surface area contributed by atoms with Crippen molar-refractivity contribution in [1.29, 1.82) is 0 Å². The van der Waals surface area contributed by atoms with E-state index >= 15 is 0 Å². The summed E-state index contributed by atoms with van der Waals surface area (Å²) in [7, 11) is 0. The van der Waals surface area contributed by atoms with Crippen molar-refractivity contribution in [1.82, 2.24) is 34.4 Å². The van der Waals surface area contributed by atoms with Gasteiger partial charge in [0.15, 0.2) is 11.5 Å². The zero-order valence-corrected chi connectivity index (χ0v) is 15.6. The Labute approximate surface area is 157 Å². The molecule has 9 heteroatoms. The highest BCUT2D eigenvalue weighted by atomic mass is 16.5. The molecule has 1 aliphatic rings. The molecule has 3 aromatic rings. The normalized spacial score (nSPS) is 15.4. The highest BCUT2D eigenvalue weighted by molar-refractivity contribution is 5.92. The van der Waals surface area contributed by atoms with E-state index in [2.05, 4.69) is 31.8 Å². The second kappa shape index (κ2) is 7.34. The van der Waals surface area contributed by atoms with Crippen LogP contribution in [0.15, 0.2) is 29.3 Å². The molecular weight excluding hydrogens is 346 g/mol. The molecular formula is C18H23N7O2. The SMILES string of the molecule is CCn1c(Cn2ccnc2)nnc1C1CCN(C(=O)c2cc(C)on2)CC1. The number of aromatic nitrogens is 6. The Hall–Kier alpha value is -2.97. The smallest absolute Gasteiger partial charge is 0.276 e. The average Bonchev–Trinajstić information content (AvgIpc) is 3.43. The maximum Gasteiger partial charge on any atom is 0.276 e. The van der Waals surface area contributed by atoms with Gasteiger partial charge in [0, 0.05) is 44.0 Å². The number of piperidine rings is 1. The minimum Gasteiger partial charge on any atom is -0.361 e. The summed E-state index contributed by atoms with van der Waals surface area (Å²) >= 11 is 0. The molecule has 0 saturated carbocycles. The molecule has 4 heterocycles. The number of aryl methyl sites for hydroxylation is 1. The molecule has 9 nitrogen and oxygen atoms in total. The summed E-state index contributed by atoms with van der Waals surface area (Å²) in [5, 5.41) is 12.7. The number of likely N-dealkylation sites (tertiary alicyclic amines) is 1. The van der Waals surface area contributed by atoms with E-state index in [1.54, 1.807) is 25.5 Å². The number of rotatable bonds is 5. The van der Waals surface area contributed by atoms with E-state index in [0.29, 0.717) is 37.0 Å². The molecule has 27 heavy (non-hydrogen) atoms. The van der Waals surface area contributed by atoms with Crippen molar-refractivity contribution in [3.63, 3.8) is 0 Å². The Kier molecular flexibility index (Phi) is 4.74. The van der Waals surface area contributed by atoms with Crippen LogP contribution in [-0.4, -0.2) is 53.4 Å². The summed E-state index contributed by atoms with van der Waals surface area (Å²) < 4.78 is 9.19. The molecule has 1 aliphatic heterocycles. The number of hydrogen-bond donors (Lipinski definition) is 0. The second-order valence-corrected chi connectivity index (χ2v) is 6.84. The Morgan fingerprint density at radius 2 is 2.11 bits per heavy atom. The van der Waals surface area contributed by atoms with Crippen molar-refractivity contribution in [2.24, 2.45) is 0 Å². The summed E-state index contributed by atoms with van der Waals surface area (Å²) in [5.74, 6) is 2.83. The summed E-state index contributed by atoms with van der Waals surface area (Å²) in [5.41, 5.74) is 0.380. The van der Waals surface area contributed by atoms with Crippen LogP contribution in [0.2, 0.25) is 0 Å². The largest absolute Gasteiger partial charge is 0.361 e. The number of imidazole rings is 1. The van der Waals surface area contributed by atoms with Crippen LogP contribution < -0.4 is 0 Å². The number of nitrogens with zero attached hydrogens (tertiary/aromatic N) is 7. The summed E-state index contributed by atoms with van der Waals surface area (Å²) in [4.78, 5) is 18.4. The first-order valence-corrected chi connectivity index (χ1v) is 9.26. The number of carbonyl (C=O) groups is 1. The van der Waals surface area contributed by atoms with Crippen molar-refractivity contribution in [3.05, 3.63) is 47.9 Å². The van der Waals surface area contributed by atoms with Crippen molar-refractivity contribution in [3.8, 4) is 0 Å². The zero-order valence-electron chi connectivity index (χ0n) is 15.6. The topological polar surface area (TPSA) is 94.9 Å². The van der Waals surface area contributed by atoms with Crippen molar-refractivity contribution >= 4 is 5.91 Å². The van der Waals surface area contributed by atoms with E-state index in [-0.39, 0.29) is 5.91 Å². The number of amides is 1. The number of carbonyl (C=O) groups excluding carboxylic acids is 1. The van der Waals surface area contributed by atoms with Crippen LogP contribution in [0.25, 0.3) is 0 Å². The number of hydrogen-bond acceptors (Lipinski definition) is 6. The lowest BCUT2D eigenvalue weighted by atomic mass is 9.95. The minimum atomic E-state index is -0.0666. The molecule has 4 rings (SSSR count). The van der Waals surface area contributed by atoms with Gasteiger partial charge < -0.3 is 18.6 Å². The third kappa shape index (κ3) is 3.49. The lowest BCUT2D eigenvalue weighted by Crippen LogP contribution is -2.38. The molecule has 0 N–H and O–H groups in total. The molecule has 0 bridgehead atoms. The molecule has 0 unspecified atom stereocenters. The van der Waals surface area contributed by atoms with E-state index < -0.39 is 0 Å². The van der Waals surface area contributed by atoms with Crippen LogP contribution >= 0.6 is 0 Å². The van der Waals surface area contributed by atoms with Crippen LogP contribution in [0, 0.1) is 6.92 Å². The monoisotopic (exact) mass is 369 g/mol. The molecule has 0 radical (unpaired) electrons. The lowest BCUT2D eigenvalue weighted by molar-refractivity contribution is 0.0699. The van der Waals surface area contributed by atoms with Gasteiger partial charge in [-0.1, -0.05) is 5.16 Å². The molecule has 1 fully saturated rings. The standard InChI is InChI=1S/C18H23N7O2/c1-3-25-16(11-23-9-6-19-12-23)20-21-17(25)14-4-7-24(8-5-14)18(26)15-10-13(2)27-22-15/h6,9-10,12,14H,3-5,7-8,11H2,1-2H3. The molecule has 0 aliphatic carbocycles. The van der Waals surface area contributed by atoms with Gasteiger partial charge in [-0.05, 0) is 26.7 Å². The quantitative estimate of drug-likeness (QED) is 0.681. The Morgan fingerprint density at radius 3 is 2.74 bits per heavy atom. The molecule has 0 spiro atoms. The van der Waals surface area contributed by atoms with Crippen molar-refractivity contribution in [2.75, 3.05) is 13.1 Å². The van der Waals surface area contributed by atoms with Gasteiger partial charge in [0.1, 0.15) is 11.6 Å². The maximum absolute atomic E-state index is 12.5. The van der Waals surface area contributed by atoms with Crippen LogP contribution in [0.5, 0.6) is 0 Å². The first-order valence-electron chi connectivity index (χ1n) is 9.26. The molecule has 0 aromatic carbocycles.